The summed E-state index contributed by atoms with van der Waals surface area (Å²) in [6, 6.07) is 14.3. The van der Waals surface area contributed by atoms with Crippen molar-refractivity contribution in [2.45, 2.75) is 6.92 Å². The summed E-state index contributed by atoms with van der Waals surface area (Å²) >= 11 is 0. The van der Waals surface area contributed by atoms with Gasteiger partial charge in [-0.25, -0.2) is 4.68 Å². The molecule has 0 unspecified atom stereocenters. The molecule has 0 aliphatic carbocycles. The van der Waals surface area contributed by atoms with Crippen molar-refractivity contribution in [1.29, 1.82) is 0 Å². The first-order valence-corrected chi connectivity index (χ1v) is 7.16. The number of nitrogens with zero attached hydrogens (tertiary/aromatic N) is 3. The molecule has 2 aromatic heterocycles. The highest BCUT2D eigenvalue weighted by molar-refractivity contribution is 6.03. The lowest BCUT2D eigenvalue weighted by Gasteiger charge is -2.07. The summed E-state index contributed by atoms with van der Waals surface area (Å²) in [5.41, 5.74) is 1.65. The van der Waals surface area contributed by atoms with E-state index in [-0.39, 0.29) is 16.9 Å². The maximum Gasteiger partial charge on any atom is 0.295 e. The number of hydrogen-bond donors (Lipinski definition) is 1. The molecule has 0 atom stereocenters. The van der Waals surface area contributed by atoms with Gasteiger partial charge in [-0.05, 0) is 31.2 Å². The summed E-state index contributed by atoms with van der Waals surface area (Å²) in [4.78, 5) is 28.9. The molecule has 6 nitrogen and oxygen atoms in total. The number of carbonyl (C=O) groups is 1. The summed E-state index contributed by atoms with van der Waals surface area (Å²) in [5, 5.41) is 2.67. The molecule has 23 heavy (non-hydrogen) atoms. The topological polar surface area (TPSA) is 68.9 Å². The number of amides is 1. The Morgan fingerprint density at radius 1 is 1.09 bits per heavy atom. The van der Waals surface area contributed by atoms with E-state index in [1.807, 2.05) is 30.3 Å². The van der Waals surface area contributed by atoms with Gasteiger partial charge in [-0.1, -0.05) is 24.3 Å². The molecule has 0 saturated carbocycles. The minimum Gasteiger partial charge on any atom is -0.314 e. The molecule has 0 saturated heterocycles. The van der Waals surface area contributed by atoms with E-state index in [4.69, 9.17) is 0 Å². The molecule has 1 amide bonds. The third-order valence-corrected chi connectivity index (χ3v) is 3.69. The van der Waals surface area contributed by atoms with Crippen molar-refractivity contribution in [2.24, 2.45) is 7.05 Å². The third-order valence-electron chi connectivity index (χ3n) is 3.69. The Hall–Kier alpha value is -3.15. The molecule has 0 aliphatic heterocycles. The van der Waals surface area contributed by atoms with Gasteiger partial charge in [0.05, 0.1) is 11.4 Å². The summed E-state index contributed by atoms with van der Waals surface area (Å²) in [6.07, 6.45) is 1.54. The SMILES string of the molecule is Cc1c(NC(=O)c2ccccn2)c(=O)n(-c2ccccc2)n1C. The largest absolute Gasteiger partial charge is 0.314 e. The average Bonchev–Trinajstić information content (AvgIpc) is 2.80. The Balaban J connectivity index is 2.02. The van der Waals surface area contributed by atoms with Crippen molar-refractivity contribution in [3.63, 3.8) is 0 Å². The quantitative estimate of drug-likeness (QED) is 0.806. The van der Waals surface area contributed by atoms with Crippen LogP contribution >= 0.6 is 0 Å². The van der Waals surface area contributed by atoms with Crippen LogP contribution in [0.3, 0.4) is 0 Å². The van der Waals surface area contributed by atoms with Crippen LogP contribution in [0.15, 0.2) is 59.5 Å². The number of benzene rings is 1. The van der Waals surface area contributed by atoms with E-state index < -0.39 is 5.91 Å². The zero-order valence-electron chi connectivity index (χ0n) is 12.9. The molecule has 6 heteroatoms. The van der Waals surface area contributed by atoms with Crippen LogP contribution in [-0.2, 0) is 7.05 Å². The fraction of sp³-hybridized carbons (Fsp3) is 0.118. The van der Waals surface area contributed by atoms with Gasteiger partial charge < -0.3 is 5.32 Å². The minimum absolute atomic E-state index is 0.256. The normalized spacial score (nSPS) is 10.5. The molecule has 0 fully saturated rings. The number of rotatable bonds is 3. The fourth-order valence-corrected chi connectivity index (χ4v) is 2.39. The average molecular weight is 308 g/mol. The Morgan fingerprint density at radius 2 is 1.78 bits per heavy atom. The van der Waals surface area contributed by atoms with Crippen LogP contribution in [0.4, 0.5) is 5.69 Å². The van der Waals surface area contributed by atoms with Crippen LogP contribution in [0.2, 0.25) is 0 Å². The molecule has 0 bridgehead atoms. The first-order chi connectivity index (χ1) is 11.1. The lowest BCUT2D eigenvalue weighted by Crippen LogP contribution is -2.23. The van der Waals surface area contributed by atoms with Crippen molar-refractivity contribution in [1.82, 2.24) is 14.3 Å². The predicted octanol–water partition coefficient (Wildman–Crippen LogP) is 2.13. The number of nitrogens with one attached hydrogen (secondary N) is 1. The van der Waals surface area contributed by atoms with Crippen molar-refractivity contribution in [3.05, 3.63) is 76.5 Å². The molecule has 1 aromatic carbocycles. The Bertz CT molecular complexity index is 896. The van der Waals surface area contributed by atoms with Crippen LogP contribution < -0.4 is 10.9 Å². The maximum absolute atomic E-state index is 12.7. The van der Waals surface area contributed by atoms with Gasteiger partial charge in [0, 0.05) is 13.2 Å². The van der Waals surface area contributed by atoms with Crippen LogP contribution in [0, 0.1) is 6.92 Å². The van der Waals surface area contributed by atoms with E-state index in [0.29, 0.717) is 5.69 Å². The van der Waals surface area contributed by atoms with Crippen LogP contribution in [0.1, 0.15) is 16.2 Å². The molecular formula is C17H16N4O2. The molecule has 0 radical (unpaired) electrons. The van der Waals surface area contributed by atoms with Crippen molar-refractivity contribution in [2.75, 3.05) is 5.32 Å². The van der Waals surface area contributed by atoms with E-state index in [2.05, 4.69) is 10.3 Å². The second kappa shape index (κ2) is 5.92. The Kier molecular flexibility index (Phi) is 3.80. The fourth-order valence-electron chi connectivity index (χ4n) is 2.39. The van der Waals surface area contributed by atoms with E-state index in [1.165, 1.54) is 10.9 Å². The van der Waals surface area contributed by atoms with Gasteiger partial charge in [-0.2, -0.15) is 0 Å². The first-order valence-electron chi connectivity index (χ1n) is 7.16. The first kappa shape index (κ1) is 14.8. The van der Waals surface area contributed by atoms with Crippen molar-refractivity contribution >= 4 is 11.6 Å². The molecule has 3 aromatic rings. The van der Waals surface area contributed by atoms with Crippen LogP contribution in [-0.4, -0.2) is 20.3 Å². The van der Waals surface area contributed by atoms with E-state index in [1.54, 1.807) is 36.9 Å². The van der Waals surface area contributed by atoms with Crippen LogP contribution in [0.5, 0.6) is 0 Å². The predicted molar refractivity (Wildman–Crippen MR) is 87.9 cm³/mol. The highest BCUT2D eigenvalue weighted by Gasteiger charge is 2.18. The smallest absolute Gasteiger partial charge is 0.295 e. The second-order valence-electron chi connectivity index (χ2n) is 5.11. The zero-order chi connectivity index (χ0) is 16.4. The standard InChI is InChI=1S/C17H16N4O2/c1-12-15(19-16(22)14-10-6-7-11-18-14)17(23)21(20(12)2)13-8-4-3-5-9-13/h3-11H,1-2H3,(H,19,22). The molecule has 0 spiro atoms. The lowest BCUT2D eigenvalue weighted by atomic mass is 10.3. The molecule has 0 aliphatic rings. The van der Waals surface area contributed by atoms with Gasteiger partial charge in [0.25, 0.3) is 11.5 Å². The van der Waals surface area contributed by atoms with E-state index in [9.17, 15) is 9.59 Å². The van der Waals surface area contributed by atoms with Gasteiger partial charge in [0.1, 0.15) is 11.4 Å². The number of anilines is 1. The number of pyridine rings is 1. The molecule has 1 N–H and O–H groups in total. The summed E-state index contributed by atoms with van der Waals surface area (Å²) < 4.78 is 3.23. The zero-order valence-corrected chi connectivity index (χ0v) is 12.9. The van der Waals surface area contributed by atoms with Crippen molar-refractivity contribution in [3.8, 4) is 5.69 Å². The summed E-state index contributed by atoms with van der Waals surface area (Å²) in [7, 11) is 1.78. The third kappa shape index (κ3) is 2.66. The second-order valence-corrected chi connectivity index (χ2v) is 5.11. The Morgan fingerprint density at radius 3 is 2.43 bits per heavy atom. The van der Waals surface area contributed by atoms with Gasteiger partial charge >= 0.3 is 0 Å². The summed E-state index contributed by atoms with van der Waals surface area (Å²) in [5.74, 6) is -0.406. The number of hydrogen-bond acceptors (Lipinski definition) is 3. The number of para-hydroxylation sites is 1. The molecule has 2 heterocycles. The molecule has 116 valence electrons. The van der Waals surface area contributed by atoms with Crippen LogP contribution in [0.25, 0.3) is 5.69 Å². The highest BCUT2D eigenvalue weighted by atomic mass is 16.2. The molecule has 3 rings (SSSR count). The van der Waals surface area contributed by atoms with Crippen molar-refractivity contribution < 1.29 is 4.79 Å². The Labute approximate surface area is 133 Å². The lowest BCUT2D eigenvalue weighted by molar-refractivity contribution is 0.102. The van der Waals surface area contributed by atoms with E-state index in [0.717, 1.165) is 5.69 Å². The van der Waals surface area contributed by atoms with Gasteiger partial charge in [0.15, 0.2) is 0 Å². The minimum atomic E-state index is -0.406. The maximum atomic E-state index is 12.7. The molecular weight excluding hydrogens is 292 g/mol. The van der Waals surface area contributed by atoms with Gasteiger partial charge in [-0.3, -0.25) is 19.3 Å². The van der Waals surface area contributed by atoms with Gasteiger partial charge in [0.2, 0.25) is 0 Å². The number of aromatic nitrogens is 3. The highest BCUT2D eigenvalue weighted by Crippen LogP contribution is 2.14. The number of carbonyl (C=O) groups excluding carboxylic acids is 1. The van der Waals surface area contributed by atoms with E-state index >= 15 is 0 Å². The van der Waals surface area contributed by atoms with Gasteiger partial charge in [-0.15, -0.1) is 0 Å². The monoisotopic (exact) mass is 308 g/mol. The summed E-state index contributed by atoms with van der Waals surface area (Å²) in [6.45, 7) is 1.79.